The number of rotatable bonds is 16. The van der Waals surface area contributed by atoms with Crippen LogP contribution in [0.4, 0.5) is 0 Å². The number of esters is 4. The van der Waals surface area contributed by atoms with E-state index in [2.05, 4.69) is 18.9 Å². The molecule has 0 N–H and O–H groups in total. The SMILES string of the molecule is C.COC(=O)CCN(CCCN(CCC(=O)OC)CCC(=O)OC)CCC(=O)OC. The molecule has 0 atom stereocenters. The summed E-state index contributed by atoms with van der Waals surface area (Å²) >= 11 is 0. The van der Waals surface area contributed by atoms with E-state index < -0.39 is 0 Å². The summed E-state index contributed by atoms with van der Waals surface area (Å²) in [5, 5.41) is 0. The van der Waals surface area contributed by atoms with Crippen molar-refractivity contribution >= 4 is 23.9 Å². The molecule has 0 bridgehead atoms. The van der Waals surface area contributed by atoms with Gasteiger partial charge in [-0.1, -0.05) is 7.43 Å². The summed E-state index contributed by atoms with van der Waals surface area (Å²) in [6, 6.07) is 0. The van der Waals surface area contributed by atoms with Gasteiger partial charge in [0.2, 0.25) is 0 Å². The van der Waals surface area contributed by atoms with E-state index in [1.807, 2.05) is 9.80 Å². The van der Waals surface area contributed by atoms with Crippen LogP contribution in [0.15, 0.2) is 0 Å². The molecular formula is C20H38N2O8. The second-order valence-electron chi connectivity index (χ2n) is 6.34. The predicted molar refractivity (Wildman–Crippen MR) is 111 cm³/mol. The van der Waals surface area contributed by atoms with E-state index in [0.29, 0.717) is 39.3 Å². The van der Waals surface area contributed by atoms with Crippen LogP contribution >= 0.6 is 0 Å². The highest BCUT2D eigenvalue weighted by atomic mass is 16.5. The molecule has 0 aliphatic carbocycles. The molecule has 0 amide bonds. The van der Waals surface area contributed by atoms with Gasteiger partial charge in [0, 0.05) is 26.2 Å². The summed E-state index contributed by atoms with van der Waals surface area (Å²) in [5.74, 6) is -1.26. The van der Waals surface area contributed by atoms with Crippen molar-refractivity contribution in [2.24, 2.45) is 0 Å². The van der Waals surface area contributed by atoms with Gasteiger partial charge < -0.3 is 28.7 Å². The summed E-state index contributed by atoms with van der Waals surface area (Å²) < 4.78 is 18.7. The lowest BCUT2D eigenvalue weighted by Gasteiger charge is -2.25. The van der Waals surface area contributed by atoms with E-state index in [0.717, 1.165) is 6.42 Å². The quantitative estimate of drug-likeness (QED) is 0.256. The summed E-state index contributed by atoms with van der Waals surface area (Å²) in [7, 11) is 5.34. The molecule has 0 aromatic carbocycles. The third-order valence-electron chi connectivity index (χ3n) is 4.39. The van der Waals surface area contributed by atoms with Crippen LogP contribution in [0.1, 0.15) is 39.5 Å². The number of ether oxygens (including phenoxy) is 4. The van der Waals surface area contributed by atoms with E-state index in [1.165, 1.54) is 28.4 Å². The first-order chi connectivity index (χ1) is 13.9. The Bertz CT molecular complexity index is 429. The van der Waals surface area contributed by atoms with Crippen molar-refractivity contribution in [3.05, 3.63) is 0 Å². The predicted octanol–water partition coefficient (Wildman–Crippen LogP) is 0.869. The van der Waals surface area contributed by atoms with Crippen LogP contribution in [0, 0.1) is 0 Å². The molecule has 10 nitrogen and oxygen atoms in total. The second kappa shape index (κ2) is 18.8. The van der Waals surface area contributed by atoms with E-state index >= 15 is 0 Å². The van der Waals surface area contributed by atoms with Gasteiger partial charge >= 0.3 is 23.9 Å². The van der Waals surface area contributed by atoms with Gasteiger partial charge in [-0.2, -0.15) is 0 Å². The van der Waals surface area contributed by atoms with E-state index in [1.54, 1.807) is 0 Å². The van der Waals surface area contributed by atoms with Gasteiger partial charge in [-0.25, -0.2) is 0 Å². The maximum absolute atomic E-state index is 11.4. The molecule has 0 aromatic heterocycles. The Hall–Kier alpha value is -2.20. The van der Waals surface area contributed by atoms with Crippen molar-refractivity contribution in [2.75, 3.05) is 67.7 Å². The molecule has 0 unspecified atom stereocenters. The van der Waals surface area contributed by atoms with Gasteiger partial charge in [-0.3, -0.25) is 19.2 Å². The topological polar surface area (TPSA) is 112 Å². The zero-order chi connectivity index (χ0) is 22.1. The molecule has 0 aromatic rings. The average Bonchev–Trinajstić information content (AvgIpc) is 2.74. The first-order valence-corrected chi connectivity index (χ1v) is 9.58. The van der Waals surface area contributed by atoms with Crippen LogP contribution in [-0.2, 0) is 38.1 Å². The van der Waals surface area contributed by atoms with Crippen molar-refractivity contribution in [1.82, 2.24) is 9.80 Å². The highest BCUT2D eigenvalue weighted by molar-refractivity contribution is 5.70. The van der Waals surface area contributed by atoms with E-state index in [-0.39, 0.29) is 57.0 Å². The van der Waals surface area contributed by atoms with E-state index in [9.17, 15) is 19.2 Å². The molecule has 0 aliphatic rings. The molecule has 0 fully saturated rings. The van der Waals surface area contributed by atoms with Gasteiger partial charge in [0.1, 0.15) is 0 Å². The highest BCUT2D eigenvalue weighted by Crippen LogP contribution is 2.03. The fourth-order valence-electron chi connectivity index (χ4n) is 2.59. The second-order valence-corrected chi connectivity index (χ2v) is 6.34. The third-order valence-corrected chi connectivity index (χ3v) is 4.39. The maximum atomic E-state index is 11.4. The monoisotopic (exact) mass is 434 g/mol. The summed E-state index contributed by atoms with van der Waals surface area (Å²) in [5.41, 5.74) is 0. The summed E-state index contributed by atoms with van der Waals surface area (Å²) in [4.78, 5) is 49.6. The molecule has 10 heteroatoms. The molecule has 0 radical (unpaired) electrons. The minimum Gasteiger partial charge on any atom is -0.469 e. The average molecular weight is 435 g/mol. The number of carbonyl (C=O) groups excluding carboxylic acids is 4. The molecule has 0 aliphatic heterocycles. The Kier molecular flexibility index (Phi) is 18.8. The van der Waals surface area contributed by atoms with Gasteiger partial charge in [-0.15, -0.1) is 0 Å². The number of carbonyl (C=O) groups is 4. The standard InChI is InChI=1S/C19H34N2O8.CH4/c1-26-16(22)6-12-20(13-7-17(23)27-2)10-5-11-21(14-8-18(24)28-3)15-9-19(25)29-4;/h5-15H2,1-4H3;1H4. The lowest BCUT2D eigenvalue weighted by Crippen LogP contribution is -2.35. The van der Waals surface area contributed by atoms with Gasteiger partial charge in [0.25, 0.3) is 0 Å². The molecule has 0 rings (SSSR count). The smallest absolute Gasteiger partial charge is 0.306 e. The maximum Gasteiger partial charge on any atom is 0.306 e. The van der Waals surface area contributed by atoms with Gasteiger partial charge in [0.15, 0.2) is 0 Å². The van der Waals surface area contributed by atoms with Gasteiger partial charge in [0.05, 0.1) is 54.1 Å². The fourth-order valence-corrected chi connectivity index (χ4v) is 2.59. The summed E-state index contributed by atoms with van der Waals surface area (Å²) in [6.45, 7) is 3.14. The van der Waals surface area contributed by atoms with Crippen LogP contribution in [0.25, 0.3) is 0 Å². The van der Waals surface area contributed by atoms with Crippen LogP contribution in [0.5, 0.6) is 0 Å². The van der Waals surface area contributed by atoms with Crippen LogP contribution in [0.2, 0.25) is 0 Å². The Morgan fingerprint density at radius 1 is 0.500 bits per heavy atom. The van der Waals surface area contributed by atoms with Crippen molar-refractivity contribution in [3.63, 3.8) is 0 Å². The van der Waals surface area contributed by atoms with Crippen LogP contribution < -0.4 is 0 Å². The molecule has 30 heavy (non-hydrogen) atoms. The normalized spacial score (nSPS) is 10.3. The van der Waals surface area contributed by atoms with Crippen LogP contribution in [-0.4, -0.2) is 101 Å². The molecule has 0 heterocycles. The minimum absolute atomic E-state index is 0. The zero-order valence-corrected chi connectivity index (χ0v) is 17.9. The zero-order valence-electron chi connectivity index (χ0n) is 17.9. The number of nitrogens with zero attached hydrogens (tertiary/aromatic N) is 2. The van der Waals surface area contributed by atoms with E-state index in [4.69, 9.17) is 0 Å². The lowest BCUT2D eigenvalue weighted by atomic mass is 10.2. The molecule has 176 valence electrons. The van der Waals surface area contributed by atoms with Crippen molar-refractivity contribution in [3.8, 4) is 0 Å². The Morgan fingerprint density at radius 3 is 0.933 bits per heavy atom. The van der Waals surface area contributed by atoms with Crippen molar-refractivity contribution in [1.29, 1.82) is 0 Å². The van der Waals surface area contributed by atoms with Crippen molar-refractivity contribution in [2.45, 2.75) is 39.5 Å². The third kappa shape index (κ3) is 15.7. The summed E-state index contributed by atoms with van der Waals surface area (Å²) in [6.07, 6.45) is 1.64. The van der Waals surface area contributed by atoms with Crippen molar-refractivity contribution < 1.29 is 38.1 Å². The number of methoxy groups -OCH3 is 4. The molecular weight excluding hydrogens is 396 g/mol. The highest BCUT2D eigenvalue weighted by Gasteiger charge is 2.14. The van der Waals surface area contributed by atoms with Gasteiger partial charge in [-0.05, 0) is 19.5 Å². The molecule has 0 saturated heterocycles. The first kappa shape index (κ1) is 30.0. The first-order valence-electron chi connectivity index (χ1n) is 9.58. The lowest BCUT2D eigenvalue weighted by molar-refractivity contribution is -0.142. The minimum atomic E-state index is -0.314. The molecule has 0 spiro atoms. The largest absolute Gasteiger partial charge is 0.469 e. The Labute approximate surface area is 179 Å². The Balaban J connectivity index is 0. The Morgan fingerprint density at radius 2 is 0.733 bits per heavy atom. The van der Waals surface area contributed by atoms with Crippen LogP contribution in [0.3, 0.4) is 0 Å². The number of hydrogen-bond acceptors (Lipinski definition) is 10. The molecule has 0 saturated carbocycles. The fraction of sp³-hybridized carbons (Fsp3) is 0.800. The number of hydrogen-bond donors (Lipinski definition) is 0.